The topological polar surface area (TPSA) is 75.4 Å². The summed E-state index contributed by atoms with van der Waals surface area (Å²) in [6, 6.07) is 6.46. The zero-order valence-corrected chi connectivity index (χ0v) is 24.8. The molecule has 0 saturated heterocycles. The summed E-state index contributed by atoms with van der Waals surface area (Å²) >= 11 is 14.3. The molecule has 0 radical (unpaired) electrons. The van der Waals surface area contributed by atoms with E-state index in [0.29, 0.717) is 11.3 Å². The van der Waals surface area contributed by atoms with Crippen LogP contribution >= 0.6 is 35.0 Å². The fraction of sp³-hybridized carbons (Fsp3) is 0.414. The SMILES string of the molecule is CSc1cc(Cl)c(C(O)CN(Cc2cc(F)cc(F)c2)C(=O)c2cnn([C@H]3CC[C@H](C(C)=O)CC3)c2C)c(Cl)c1. The number of halogens is 4. The summed E-state index contributed by atoms with van der Waals surface area (Å²) in [5.41, 5.74) is 1.44. The van der Waals surface area contributed by atoms with Crippen molar-refractivity contribution in [1.82, 2.24) is 14.7 Å². The number of carbonyl (C=O) groups is 2. The molecule has 1 N–H and O–H groups in total. The monoisotopic (exact) mass is 609 g/mol. The molecule has 6 nitrogen and oxygen atoms in total. The van der Waals surface area contributed by atoms with E-state index in [1.54, 1.807) is 26.0 Å². The van der Waals surface area contributed by atoms with E-state index >= 15 is 0 Å². The van der Waals surface area contributed by atoms with Crippen LogP contribution in [0.5, 0.6) is 0 Å². The third kappa shape index (κ3) is 6.87. The van der Waals surface area contributed by atoms with E-state index in [0.717, 1.165) is 48.8 Å². The number of aliphatic hydroxyl groups excluding tert-OH is 1. The van der Waals surface area contributed by atoms with Gasteiger partial charge in [-0.1, -0.05) is 23.2 Å². The first-order valence-electron chi connectivity index (χ1n) is 13.0. The van der Waals surface area contributed by atoms with Gasteiger partial charge in [-0.25, -0.2) is 8.78 Å². The number of ketones is 1. The summed E-state index contributed by atoms with van der Waals surface area (Å²) in [5, 5.41) is 16.2. The van der Waals surface area contributed by atoms with Gasteiger partial charge in [-0.2, -0.15) is 5.10 Å². The fourth-order valence-electron chi connectivity index (χ4n) is 5.34. The van der Waals surface area contributed by atoms with Crippen LogP contribution in [0.25, 0.3) is 0 Å². The third-order valence-electron chi connectivity index (χ3n) is 7.49. The van der Waals surface area contributed by atoms with Gasteiger partial charge in [0.1, 0.15) is 17.4 Å². The molecule has 0 spiro atoms. The largest absolute Gasteiger partial charge is 0.386 e. The van der Waals surface area contributed by atoms with Gasteiger partial charge in [0.25, 0.3) is 5.91 Å². The lowest BCUT2D eigenvalue weighted by Crippen LogP contribution is -2.35. The summed E-state index contributed by atoms with van der Waals surface area (Å²) in [4.78, 5) is 27.8. The molecule has 40 heavy (non-hydrogen) atoms. The number of Topliss-reactive ketones (excluding diaryl/α,β-unsaturated/α-hetero) is 1. The first-order chi connectivity index (χ1) is 19.0. The number of nitrogens with zero attached hydrogens (tertiary/aromatic N) is 3. The summed E-state index contributed by atoms with van der Waals surface area (Å²) in [6.45, 7) is 3.01. The summed E-state index contributed by atoms with van der Waals surface area (Å²) in [7, 11) is 0. The van der Waals surface area contributed by atoms with Crippen LogP contribution < -0.4 is 0 Å². The molecule has 1 aliphatic rings. The average molecular weight is 611 g/mol. The summed E-state index contributed by atoms with van der Waals surface area (Å²) in [6.07, 6.45) is 5.16. The Kier molecular flexibility index (Phi) is 9.93. The van der Waals surface area contributed by atoms with Crippen molar-refractivity contribution >= 4 is 46.7 Å². The molecule has 11 heteroatoms. The van der Waals surface area contributed by atoms with Crippen molar-refractivity contribution in [1.29, 1.82) is 0 Å². The van der Waals surface area contributed by atoms with Gasteiger partial charge in [0, 0.05) is 44.7 Å². The highest BCUT2D eigenvalue weighted by Gasteiger charge is 2.30. The Bertz CT molecular complexity index is 1370. The van der Waals surface area contributed by atoms with Gasteiger partial charge < -0.3 is 10.0 Å². The van der Waals surface area contributed by atoms with Crippen LogP contribution in [0.3, 0.4) is 0 Å². The van der Waals surface area contributed by atoms with Gasteiger partial charge in [-0.3, -0.25) is 14.3 Å². The van der Waals surface area contributed by atoms with Crippen LogP contribution in [-0.2, 0) is 11.3 Å². The van der Waals surface area contributed by atoms with Gasteiger partial charge in [0.15, 0.2) is 0 Å². The van der Waals surface area contributed by atoms with Gasteiger partial charge >= 0.3 is 0 Å². The number of carbonyl (C=O) groups excluding carboxylic acids is 2. The minimum absolute atomic E-state index is 0.0560. The highest BCUT2D eigenvalue weighted by atomic mass is 35.5. The predicted octanol–water partition coefficient (Wildman–Crippen LogP) is 7.19. The van der Waals surface area contributed by atoms with Gasteiger partial charge in [-0.05, 0) is 75.6 Å². The molecule has 1 fully saturated rings. The van der Waals surface area contributed by atoms with Crippen molar-refractivity contribution in [3.63, 3.8) is 0 Å². The molecule has 1 amide bonds. The lowest BCUT2D eigenvalue weighted by molar-refractivity contribution is -0.121. The number of amides is 1. The van der Waals surface area contributed by atoms with Gasteiger partial charge in [0.2, 0.25) is 0 Å². The number of hydrogen-bond donors (Lipinski definition) is 1. The Morgan fingerprint density at radius 2 is 1.70 bits per heavy atom. The zero-order chi connectivity index (χ0) is 29.1. The molecular formula is C29H31Cl2F2N3O3S. The second-order valence-electron chi connectivity index (χ2n) is 10.2. The maximum atomic E-state index is 14.0. The molecule has 1 aromatic heterocycles. The van der Waals surface area contributed by atoms with Crippen molar-refractivity contribution < 1.29 is 23.5 Å². The molecule has 4 rings (SSSR count). The fourth-order valence-corrected chi connectivity index (χ4v) is 6.68. The van der Waals surface area contributed by atoms with Crippen molar-refractivity contribution in [3.8, 4) is 0 Å². The average Bonchev–Trinajstić information content (AvgIpc) is 3.27. The summed E-state index contributed by atoms with van der Waals surface area (Å²) < 4.78 is 29.8. The molecule has 3 aromatic rings. The second-order valence-corrected chi connectivity index (χ2v) is 11.9. The van der Waals surface area contributed by atoms with E-state index in [2.05, 4.69) is 5.10 Å². The minimum atomic E-state index is -1.27. The van der Waals surface area contributed by atoms with Crippen molar-refractivity contribution in [3.05, 3.63) is 80.6 Å². The van der Waals surface area contributed by atoms with E-state index in [9.17, 15) is 23.5 Å². The predicted molar refractivity (Wildman–Crippen MR) is 153 cm³/mol. The number of aromatic nitrogens is 2. The van der Waals surface area contributed by atoms with Gasteiger partial charge in [-0.15, -0.1) is 11.8 Å². The number of hydrogen-bond acceptors (Lipinski definition) is 5. The molecule has 0 aliphatic heterocycles. The van der Waals surface area contributed by atoms with E-state index in [4.69, 9.17) is 23.2 Å². The Hall–Kier alpha value is -2.46. The zero-order valence-electron chi connectivity index (χ0n) is 22.5. The van der Waals surface area contributed by atoms with E-state index in [1.165, 1.54) is 22.9 Å². The third-order valence-corrected chi connectivity index (χ3v) is 8.82. The molecule has 1 atom stereocenters. The number of rotatable bonds is 9. The highest BCUT2D eigenvalue weighted by molar-refractivity contribution is 7.98. The lowest BCUT2D eigenvalue weighted by Gasteiger charge is -2.29. The normalized spacial score (nSPS) is 18.0. The molecule has 2 aromatic carbocycles. The van der Waals surface area contributed by atoms with Crippen molar-refractivity contribution in [2.45, 2.75) is 63.1 Å². The Balaban J connectivity index is 1.63. The summed E-state index contributed by atoms with van der Waals surface area (Å²) in [5.74, 6) is -1.75. The molecule has 1 unspecified atom stereocenters. The number of aliphatic hydroxyl groups is 1. The standard InChI is InChI=1S/C29H31Cl2F2N3O3S/c1-16-24(13-34-36(16)22-6-4-19(5-7-22)17(2)37)29(39)35(14-18-8-20(32)10-21(33)9-18)15-27(38)28-25(30)11-23(40-3)12-26(28)31/h8-13,19,22,27,38H,4-7,14-15H2,1-3H3/t19-,22-,27?. The Labute approximate surface area is 246 Å². The quantitative estimate of drug-likeness (QED) is 0.260. The maximum absolute atomic E-state index is 14.0. The van der Waals surface area contributed by atoms with Gasteiger partial charge in [0.05, 0.1) is 30.5 Å². The molecule has 0 bridgehead atoms. The second kappa shape index (κ2) is 13.0. The van der Waals surface area contributed by atoms with E-state index < -0.39 is 23.6 Å². The molecule has 214 valence electrons. The number of benzene rings is 2. The first kappa shape index (κ1) is 30.5. The Morgan fingerprint density at radius 1 is 1.10 bits per heavy atom. The first-order valence-corrected chi connectivity index (χ1v) is 15.0. The van der Waals surface area contributed by atoms with Crippen LogP contribution in [0.15, 0.2) is 41.4 Å². The highest BCUT2D eigenvalue weighted by Crippen LogP contribution is 2.36. The molecule has 1 heterocycles. The lowest BCUT2D eigenvalue weighted by atomic mass is 9.84. The van der Waals surface area contributed by atoms with Crippen molar-refractivity contribution in [2.75, 3.05) is 12.8 Å². The van der Waals surface area contributed by atoms with Crippen LogP contribution in [0.2, 0.25) is 10.0 Å². The van der Waals surface area contributed by atoms with Crippen LogP contribution in [0, 0.1) is 24.5 Å². The number of thioether (sulfide) groups is 1. The van der Waals surface area contributed by atoms with E-state index in [-0.39, 0.29) is 52.0 Å². The smallest absolute Gasteiger partial charge is 0.257 e. The molecule has 1 saturated carbocycles. The van der Waals surface area contributed by atoms with E-state index in [1.807, 2.05) is 10.9 Å². The van der Waals surface area contributed by atoms with Crippen LogP contribution in [0.4, 0.5) is 8.78 Å². The van der Waals surface area contributed by atoms with Crippen LogP contribution in [0.1, 0.15) is 71.9 Å². The minimum Gasteiger partial charge on any atom is -0.386 e. The maximum Gasteiger partial charge on any atom is 0.257 e. The van der Waals surface area contributed by atoms with Crippen LogP contribution in [-0.4, -0.2) is 44.3 Å². The molecular weight excluding hydrogens is 579 g/mol. The van der Waals surface area contributed by atoms with Crippen molar-refractivity contribution in [2.24, 2.45) is 5.92 Å². The Morgan fingerprint density at radius 3 is 2.25 bits per heavy atom. The molecule has 1 aliphatic carbocycles.